The van der Waals surface area contributed by atoms with E-state index in [2.05, 4.69) is 26.8 Å². The summed E-state index contributed by atoms with van der Waals surface area (Å²) in [7, 11) is 4.64. The third-order valence-corrected chi connectivity index (χ3v) is 5.82. The Morgan fingerprint density at radius 2 is 1.90 bits per heavy atom. The van der Waals surface area contributed by atoms with Crippen LogP contribution in [0.3, 0.4) is 0 Å². The highest BCUT2D eigenvalue weighted by atomic mass is 16.5. The van der Waals surface area contributed by atoms with Crippen LogP contribution in [0, 0.1) is 0 Å². The largest absolute Gasteiger partial charge is 0.493 e. The van der Waals surface area contributed by atoms with E-state index in [0.717, 1.165) is 43.9 Å². The van der Waals surface area contributed by atoms with Gasteiger partial charge in [-0.25, -0.2) is 9.78 Å². The van der Waals surface area contributed by atoms with Gasteiger partial charge in [0, 0.05) is 13.1 Å². The standard InChI is InChI=1S/C21H26N2O6/c1-25-17-10-14-4-9-29-21(15(14)11-18(17)26-2)5-7-23(8-6-21)12-19-22-16(13-28-19)20(24)27-3/h10-11,13H,4-9,12H2,1-3H3. The highest BCUT2D eigenvalue weighted by Gasteiger charge is 2.41. The number of benzene rings is 1. The van der Waals surface area contributed by atoms with E-state index in [9.17, 15) is 4.79 Å². The minimum Gasteiger partial charge on any atom is -0.493 e. The first-order valence-electron chi connectivity index (χ1n) is 9.73. The average molecular weight is 402 g/mol. The number of carbonyl (C=O) groups excluding carboxylic acids is 1. The van der Waals surface area contributed by atoms with Crippen LogP contribution < -0.4 is 9.47 Å². The van der Waals surface area contributed by atoms with Crippen LogP contribution >= 0.6 is 0 Å². The number of piperidine rings is 1. The number of fused-ring (bicyclic) bond motifs is 2. The fourth-order valence-electron chi connectivity index (χ4n) is 4.25. The second-order valence-electron chi connectivity index (χ2n) is 7.35. The molecular formula is C21H26N2O6. The number of esters is 1. The SMILES string of the molecule is COC(=O)c1coc(CN2CCC3(CC2)OCCc2cc(OC)c(OC)cc23)n1. The summed E-state index contributed by atoms with van der Waals surface area (Å²) in [5, 5.41) is 0. The molecule has 3 heterocycles. The summed E-state index contributed by atoms with van der Waals surface area (Å²) < 4.78 is 27.4. The van der Waals surface area contributed by atoms with Crippen LogP contribution in [0.2, 0.25) is 0 Å². The first-order valence-corrected chi connectivity index (χ1v) is 9.73. The summed E-state index contributed by atoms with van der Waals surface area (Å²) in [4.78, 5) is 18.0. The molecule has 0 atom stereocenters. The average Bonchev–Trinajstić information content (AvgIpc) is 3.22. The topological polar surface area (TPSA) is 83.3 Å². The molecule has 0 amide bonds. The van der Waals surface area contributed by atoms with Crippen LogP contribution in [0.25, 0.3) is 0 Å². The molecule has 1 fully saturated rings. The van der Waals surface area contributed by atoms with Crippen LogP contribution in [-0.4, -0.2) is 56.9 Å². The Labute approximate surface area is 169 Å². The summed E-state index contributed by atoms with van der Waals surface area (Å²) in [5.74, 6) is 1.51. The Balaban J connectivity index is 1.48. The van der Waals surface area contributed by atoms with E-state index in [-0.39, 0.29) is 11.3 Å². The van der Waals surface area contributed by atoms with Gasteiger partial charge in [0.15, 0.2) is 17.2 Å². The maximum atomic E-state index is 11.5. The number of rotatable bonds is 5. The number of likely N-dealkylation sites (tertiary alicyclic amines) is 1. The lowest BCUT2D eigenvalue weighted by Crippen LogP contribution is -2.46. The van der Waals surface area contributed by atoms with Gasteiger partial charge >= 0.3 is 5.97 Å². The minimum absolute atomic E-state index is 0.196. The second kappa shape index (κ2) is 8.04. The molecule has 8 heteroatoms. The van der Waals surface area contributed by atoms with Gasteiger partial charge in [-0.05, 0) is 42.5 Å². The zero-order chi connectivity index (χ0) is 20.4. The quantitative estimate of drug-likeness (QED) is 0.706. The lowest BCUT2D eigenvalue weighted by atomic mass is 9.79. The summed E-state index contributed by atoms with van der Waals surface area (Å²) >= 11 is 0. The van der Waals surface area contributed by atoms with Crippen molar-refractivity contribution in [1.29, 1.82) is 0 Å². The predicted octanol–water partition coefficient (Wildman–Crippen LogP) is 2.54. The van der Waals surface area contributed by atoms with Crippen molar-refractivity contribution in [3.05, 3.63) is 41.1 Å². The van der Waals surface area contributed by atoms with E-state index in [1.165, 1.54) is 24.5 Å². The number of aromatic nitrogens is 1. The van der Waals surface area contributed by atoms with Gasteiger partial charge in [0.1, 0.15) is 6.26 Å². The third-order valence-electron chi connectivity index (χ3n) is 5.82. The van der Waals surface area contributed by atoms with Gasteiger partial charge in [0.25, 0.3) is 0 Å². The molecule has 29 heavy (non-hydrogen) atoms. The molecule has 4 rings (SSSR count). The molecule has 0 unspecified atom stereocenters. The molecule has 2 aromatic rings. The first kappa shape index (κ1) is 19.7. The number of methoxy groups -OCH3 is 3. The molecule has 0 bridgehead atoms. The lowest BCUT2D eigenvalue weighted by Gasteiger charge is -2.45. The van der Waals surface area contributed by atoms with Gasteiger partial charge in [0.2, 0.25) is 5.89 Å². The van der Waals surface area contributed by atoms with Crippen molar-refractivity contribution in [2.75, 3.05) is 41.0 Å². The molecule has 1 saturated heterocycles. The Hall–Kier alpha value is -2.58. The molecule has 156 valence electrons. The fourth-order valence-corrected chi connectivity index (χ4v) is 4.25. The van der Waals surface area contributed by atoms with E-state index in [1.807, 2.05) is 0 Å². The molecule has 1 spiro atoms. The molecule has 8 nitrogen and oxygen atoms in total. The van der Waals surface area contributed by atoms with Crippen LogP contribution in [0.5, 0.6) is 11.5 Å². The van der Waals surface area contributed by atoms with Gasteiger partial charge in [-0.3, -0.25) is 4.90 Å². The van der Waals surface area contributed by atoms with Crippen molar-refractivity contribution in [3.63, 3.8) is 0 Å². The molecular weight excluding hydrogens is 376 g/mol. The van der Waals surface area contributed by atoms with Crippen molar-refractivity contribution >= 4 is 5.97 Å². The molecule has 2 aliphatic heterocycles. The molecule has 1 aromatic heterocycles. The van der Waals surface area contributed by atoms with Crippen molar-refractivity contribution < 1.29 is 28.2 Å². The van der Waals surface area contributed by atoms with Crippen LogP contribution in [-0.2, 0) is 28.0 Å². The zero-order valence-electron chi connectivity index (χ0n) is 17.0. The van der Waals surface area contributed by atoms with Crippen molar-refractivity contribution in [2.24, 2.45) is 0 Å². The summed E-state index contributed by atoms with van der Waals surface area (Å²) in [5.41, 5.74) is 2.35. The number of oxazole rings is 1. The van der Waals surface area contributed by atoms with Gasteiger partial charge in [0.05, 0.1) is 40.1 Å². The molecule has 0 radical (unpaired) electrons. The van der Waals surface area contributed by atoms with E-state index >= 15 is 0 Å². The van der Waals surface area contributed by atoms with Crippen molar-refractivity contribution in [2.45, 2.75) is 31.4 Å². The van der Waals surface area contributed by atoms with Crippen LogP contribution in [0.1, 0.15) is 40.3 Å². The first-order chi connectivity index (χ1) is 14.1. The zero-order valence-corrected chi connectivity index (χ0v) is 17.0. The Morgan fingerprint density at radius 3 is 2.59 bits per heavy atom. The fraction of sp³-hybridized carbons (Fsp3) is 0.524. The molecule has 0 aliphatic carbocycles. The smallest absolute Gasteiger partial charge is 0.360 e. The second-order valence-corrected chi connectivity index (χ2v) is 7.35. The van der Waals surface area contributed by atoms with Crippen LogP contribution in [0.4, 0.5) is 0 Å². The normalized spacial score (nSPS) is 18.3. The number of carbonyl (C=O) groups is 1. The van der Waals surface area contributed by atoms with E-state index in [4.69, 9.17) is 18.6 Å². The Kier molecular flexibility index (Phi) is 5.47. The van der Waals surface area contributed by atoms with Gasteiger partial charge < -0.3 is 23.4 Å². The number of ether oxygens (including phenoxy) is 4. The monoisotopic (exact) mass is 402 g/mol. The molecule has 1 aromatic carbocycles. The summed E-state index contributed by atoms with van der Waals surface area (Å²) in [6.07, 6.45) is 3.93. The molecule has 2 aliphatic rings. The highest BCUT2D eigenvalue weighted by Crippen LogP contribution is 2.45. The van der Waals surface area contributed by atoms with Crippen molar-refractivity contribution in [1.82, 2.24) is 9.88 Å². The van der Waals surface area contributed by atoms with E-state index in [0.29, 0.717) is 19.0 Å². The number of hydrogen-bond donors (Lipinski definition) is 0. The summed E-state index contributed by atoms with van der Waals surface area (Å²) in [6.45, 7) is 2.92. The lowest BCUT2D eigenvalue weighted by molar-refractivity contribution is -0.0997. The predicted molar refractivity (Wildman–Crippen MR) is 103 cm³/mol. The maximum Gasteiger partial charge on any atom is 0.360 e. The van der Waals surface area contributed by atoms with Crippen molar-refractivity contribution in [3.8, 4) is 11.5 Å². The van der Waals surface area contributed by atoms with E-state index in [1.54, 1.807) is 14.2 Å². The Bertz CT molecular complexity index is 885. The van der Waals surface area contributed by atoms with Gasteiger partial charge in [-0.15, -0.1) is 0 Å². The molecule has 0 saturated carbocycles. The maximum absolute atomic E-state index is 11.5. The van der Waals surface area contributed by atoms with Crippen LogP contribution in [0.15, 0.2) is 22.8 Å². The third kappa shape index (κ3) is 3.70. The number of hydrogen-bond acceptors (Lipinski definition) is 8. The summed E-state index contributed by atoms with van der Waals surface area (Å²) in [6, 6.07) is 4.14. The van der Waals surface area contributed by atoms with E-state index < -0.39 is 5.97 Å². The van der Waals surface area contributed by atoms with Gasteiger partial charge in [-0.1, -0.05) is 0 Å². The highest BCUT2D eigenvalue weighted by molar-refractivity contribution is 5.86. The Morgan fingerprint density at radius 1 is 1.17 bits per heavy atom. The minimum atomic E-state index is -0.491. The number of nitrogens with zero attached hydrogens (tertiary/aromatic N) is 2. The molecule has 0 N–H and O–H groups in total. The van der Waals surface area contributed by atoms with Gasteiger partial charge in [-0.2, -0.15) is 0 Å².